The molecule has 0 rings (SSSR count). The van der Waals surface area contributed by atoms with Crippen LogP contribution in [-0.2, 0) is 9.53 Å². The molecular weight excluding hydrogens is 164 g/mol. The minimum atomic E-state index is -0.472. The zero-order chi connectivity index (χ0) is 8.53. The van der Waals surface area contributed by atoms with Gasteiger partial charge in [0.05, 0.1) is 6.26 Å². The Balaban J connectivity index is 3.52. The van der Waals surface area contributed by atoms with E-state index < -0.39 is 5.97 Å². The Morgan fingerprint density at radius 3 is 2.82 bits per heavy atom. The van der Waals surface area contributed by atoms with Gasteiger partial charge in [0.25, 0.3) is 0 Å². The highest BCUT2D eigenvalue weighted by molar-refractivity contribution is 6.18. The molecule has 0 aromatic rings. The second kappa shape index (κ2) is 7.09. The second-order valence-electron chi connectivity index (χ2n) is 1.55. The first-order valence-electron chi connectivity index (χ1n) is 3.02. The fraction of sp³-hybridized carbons (Fsp3) is 0.125. The van der Waals surface area contributed by atoms with Crippen molar-refractivity contribution in [3.05, 3.63) is 37.1 Å². The van der Waals surface area contributed by atoms with E-state index in [9.17, 15) is 4.79 Å². The third-order valence-corrected chi connectivity index (χ3v) is 0.944. The summed E-state index contributed by atoms with van der Waals surface area (Å²) in [5.41, 5.74) is 0. The van der Waals surface area contributed by atoms with E-state index in [1.807, 2.05) is 0 Å². The third-order valence-electron chi connectivity index (χ3n) is 0.766. The molecule has 11 heavy (non-hydrogen) atoms. The summed E-state index contributed by atoms with van der Waals surface area (Å²) in [4.78, 5) is 10.4. The van der Waals surface area contributed by atoms with Gasteiger partial charge in [-0.3, -0.25) is 0 Å². The van der Waals surface area contributed by atoms with Gasteiger partial charge in [-0.25, -0.2) is 4.79 Å². The van der Waals surface area contributed by atoms with Gasteiger partial charge in [0.1, 0.15) is 0 Å². The molecule has 0 bridgehead atoms. The standard InChI is InChI=1S/C8H9ClO2/c1-2-8(10)11-7-5-3-4-6-9/h2-5,7H,1,6H2. The van der Waals surface area contributed by atoms with Gasteiger partial charge in [-0.05, 0) is 6.08 Å². The van der Waals surface area contributed by atoms with Crippen molar-refractivity contribution in [2.45, 2.75) is 0 Å². The van der Waals surface area contributed by atoms with E-state index in [2.05, 4.69) is 11.3 Å². The van der Waals surface area contributed by atoms with Gasteiger partial charge in [0.15, 0.2) is 0 Å². The maximum atomic E-state index is 10.4. The summed E-state index contributed by atoms with van der Waals surface area (Å²) in [7, 11) is 0. The van der Waals surface area contributed by atoms with Gasteiger partial charge in [0.2, 0.25) is 0 Å². The third kappa shape index (κ3) is 6.87. The van der Waals surface area contributed by atoms with Gasteiger partial charge in [0, 0.05) is 12.0 Å². The van der Waals surface area contributed by atoms with Gasteiger partial charge in [-0.1, -0.05) is 18.7 Å². The van der Waals surface area contributed by atoms with Crippen LogP contribution in [0.1, 0.15) is 0 Å². The van der Waals surface area contributed by atoms with Crippen LogP contribution in [0, 0.1) is 0 Å². The van der Waals surface area contributed by atoms with Crippen molar-refractivity contribution in [1.29, 1.82) is 0 Å². The highest BCUT2D eigenvalue weighted by Gasteiger charge is 1.86. The summed E-state index contributed by atoms with van der Waals surface area (Å²) < 4.78 is 4.51. The summed E-state index contributed by atoms with van der Waals surface area (Å²) in [5.74, 6) is -0.0275. The van der Waals surface area contributed by atoms with Crippen molar-refractivity contribution in [3.8, 4) is 0 Å². The number of carbonyl (C=O) groups excluding carboxylic acids is 1. The lowest BCUT2D eigenvalue weighted by atomic mass is 10.5. The Bertz CT molecular complexity index is 183. The SMILES string of the molecule is C=CC(=O)OC=CC=CCCl. The quantitative estimate of drug-likeness (QED) is 0.213. The van der Waals surface area contributed by atoms with Crippen molar-refractivity contribution >= 4 is 17.6 Å². The maximum absolute atomic E-state index is 10.4. The molecule has 0 aromatic heterocycles. The molecule has 0 aromatic carbocycles. The molecule has 0 fully saturated rings. The van der Waals surface area contributed by atoms with E-state index in [-0.39, 0.29) is 0 Å². The number of carbonyl (C=O) groups is 1. The number of ether oxygens (including phenoxy) is 1. The Hall–Kier alpha value is -1.02. The molecule has 0 unspecified atom stereocenters. The van der Waals surface area contributed by atoms with Crippen LogP contribution in [-0.4, -0.2) is 11.8 Å². The second-order valence-corrected chi connectivity index (χ2v) is 1.86. The predicted molar refractivity (Wildman–Crippen MR) is 45.3 cm³/mol. The summed E-state index contributed by atoms with van der Waals surface area (Å²) in [6, 6.07) is 0. The molecule has 0 spiro atoms. The number of rotatable bonds is 4. The average molecular weight is 173 g/mol. The number of alkyl halides is 1. The molecule has 0 N–H and O–H groups in total. The molecule has 0 saturated heterocycles. The minimum Gasteiger partial charge on any atom is -0.431 e. The lowest BCUT2D eigenvalue weighted by Gasteiger charge is -1.87. The van der Waals surface area contributed by atoms with E-state index >= 15 is 0 Å². The smallest absolute Gasteiger partial charge is 0.334 e. The molecule has 0 saturated carbocycles. The molecule has 0 amide bonds. The van der Waals surface area contributed by atoms with Crippen LogP contribution < -0.4 is 0 Å². The Kier molecular flexibility index (Phi) is 6.43. The van der Waals surface area contributed by atoms with Crippen LogP contribution in [0.3, 0.4) is 0 Å². The van der Waals surface area contributed by atoms with Gasteiger partial charge >= 0.3 is 5.97 Å². The van der Waals surface area contributed by atoms with Crippen LogP contribution in [0.15, 0.2) is 37.1 Å². The summed E-state index contributed by atoms with van der Waals surface area (Å²) in [5, 5.41) is 0. The van der Waals surface area contributed by atoms with Crippen LogP contribution in [0.2, 0.25) is 0 Å². The van der Waals surface area contributed by atoms with Crippen LogP contribution in [0.25, 0.3) is 0 Å². The van der Waals surface area contributed by atoms with Gasteiger partial charge in [-0.2, -0.15) is 0 Å². The fourth-order valence-corrected chi connectivity index (χ4v) is 0.433. The highest BCUT2D eigenvalue weighted by Crippen LogP contribution is 1.84. The zero-order valence-electron chi connectivity index (χ0n) is 6.00. The number of esters is 1. The van der Waals surface area contributed by atoms with Crippen molar-refractivity contribution in [3.63, 3.8) is 0 Å². The van der Waals surface area contributed by atoms with Crippen molar-refractivity contribution in [2.24, 2.45) is 0 Å². The number of halogens is 1. The first-order valence-corrected chi connectivity index (χ1v) is 3.55. The lowest BCUT2D eigenvalue weighted by molar-refractivity contribution is -0.132. The highest BCUT2D eigenvalue weighted by atomic mass is 35.5. The summed E-state index contributed by atoms with van der Waals surface area (Å²) in [6.45, 7) is 3.23. The monoisotopic (exact) mass is 172 g/mol. The predicted octanol–water partition coefficient (Wildman–Crippen LogP) is 2.02. The topological polar surface area (TPSA) is 26.3 Å². The molecule has 0 aliphatic heterocycles. The van der Waals surface area contributed by atoms with E-state index in [0.29, 0.717) is 5.88 Å². The fourth-order valence-electron chi connectivity index (χ4n) is 0.330. The van der Waals surface area contributed by atoms with Crippen molar-refractivity contribution in [2.75, 3.05) is 5.88 Å². The lowest BCUT2D eigenvalue weighted by Crippen LogP contribution is -1.91. The summed E-state index contributed by atoms with van der Waals surface area (Å²) in [6.07, 6.45) is 7.34. The number of allylic oxidation sites excluding steroid dienone is 3. The zero-order valence-corrected chi connectivity index (χ0v) is 6.75. The molecule has 2 nitrogen and oxygen atoms in total. The van der Waals surface area contributed by atoms with Crippen molar-refractivity contribution in [1.82, 2.24) is 0 Å². The molecule has 60 valence electrons. The molecule has 0 aliphatic rings. The Morgan fingerprint density at radius 2 is 2.27 bits per heavy atom. The Morgan fingerprint density at radius 1 is 1.55 bits per heavy atom. The van der Waals surface area contributed by atoms with E-state index in [1.54, 1.807) is 18.2 Å². The first kappa shape index (κ1) is 9.98. The molecule has 0 atom stereocenters. The Labute approximate surface area is 70.8 Å². The minimum absolute atomic E-state index is 0.444. The van der Waals surface area contributed by atoms with Crippen LogP contribution in [0.4, 0.5) is 0 Å². The van der Waals surface area contributed by atoms with Gasteiger partial charge < -0.3 is 4.74 Å². The molecule has 0 aliphatic carbocycles. The molecule has 3 heteroatoms. The normalized spacial score (nSPS) is 10.6. The van der Waals surface area contributed by atoms with Gasteiger partial charge in [-0.15, -0.1) is 11.6 Å². The molecular formula is C8H9ClO2. The van der Waals surface area contributed by atoms with Crippen LogP contribution >= 0.6 is 11.6 Å². The largest absolute Gasteiger partial charge is 0.431 e. The molecule has 0 radical (unpaired) electrons. The van der Waals surface area contributed by atoms with Crippen molar-refractivity contribution < 1.29 is 9.53 Å². The van der Waals surface area contributed by atoms with E-state index in [0.717, 1.165) is 6.08 Å². The van der Waals surface area contributed by atoms with Crippen LogP contribution in [0.5, 0.6) is 0 Å². The molecule has 0 heterocycles. The average Bonchev–Trinajstić information content (AvgIpc) is 2.04. The number of hydrogen-bond donors (Lipinski definition) is 0. The first-order chi connectivity index (χ1) is 5.31. The van der Waals surface area contributed by atoms with E-state index in [4.69, 9.17) is 11.6 Å². The number of hydrogen-bond acceptors (Lipinski definition) is 2. The maximum Gasteiger partial charge on any atom is 0.334 e. The summed E-state index contributed by atoms with van der Waals surface area (Å²) >= 11 is 5.33. The van der Waals surface area contributed by atoms with E-state index in [1.165, 1.54) is 6.26 Å².